The van der Waals surface area contributed by atoms with Crippen molar-refractivity contribution in [2.75, 3.05) is 32.1 Å². The molecule has 5 atom stereocenters. The van der Waals surface area contributed by atoms with E-state index in [4.69, 9.17) is 21.1 Å². The summed E-state index contributed by atoms with van der Waals surface area (Å²) in [5, 5.41) is 13.6. The summed E-state index contributed by atoms with van der Waals surface area (Å²) in [6, 6.07) is -0.297. The van der Waals surface area contributed by atoms with Crippen LogP contribution in [0.5, 0.6) is 0 Å². The van der Waals surface area contributed by atoms with Crippen molar-refractivity contribution in [3.8, 4) is 0 Å². The normalized spacial score (nSPS) is 31.3. The third-order valence-electron chi connectivity index (χ3n) is 7.14. The molecule has 5 rings (SSSR count). The Bertz CT molecular complexity index is 1070. The topological polar surface area (TPSA) is 87.2 Å². The van der Waals surface area contributed by atoms with Gasteiger partial charge in [0.15, 0.2) is 5.13 Å². The van der Waals surface area contributed by atoms with E-state index in [1.54, 1.807) is 14.0 Å². The summed E-state index contributed by atoms with van der Waals surface area (Å²) in [6.07, 6.45) is 14.7. The van der Waals surface area contributed by atoms with Crippen LogP contribution in [0, 0.1) is 11.3 Å². The molecule has 3 heterocycles. The first kappa shape index (κ1) is 23.4. The third-order valence-corrected chi connectivity index (χ3v) is 8.17. The Hall–Kier alpha value is -2.33. The summed E-state index contributed by atoms with van der Waals surface area (Å²) in [6.45, 7) is 3.89. The molecule has 2 saturated heterocycles. The lowest BCUT2D eigenvalue weighted by molar-refractivity contribution is 0.0263. The first-order chi connectivity index (χ1) is 16.4. The summed E-state index contributed by atoms with van der Waals surface area (Å²) >= 11 is 7.22. The molecule has 4 unspecified atom stereocenters. The predicted molar refractivity (Wildman–Crippen MR) is 131 cm³/mol. The molecule has 1 spiro atoms. The van der Waals surface area contributed by atoms with Gasteiger partial charge in [-0.05, 0) is 37.6 Å². The molecule has 1 aromatic heterocycles. The highest BCUT2D eigenvalue weighted by Gasteiger charge is 2.56. The SMILES string of the molecule is COC1=C[C@H](OC2=CC3C(C=C2)N(C(=O)Nc2ncc(Cl)s2)CC32CCN(C(C)O)C2)CC=C1. The quantitative estimate of drug-likeness (QED) is 0.630. The molecule has 0 aromatic carbocycles. The monoisotopic (exact) mass is 504 g/mol. The van der Waals surface area contributed by atoms with E-state index in [0.29, 0.717) is 16.0 Å². The standard InChI is InChI=1S/C24H29ClN4O4S/c1-15(30)28-9-8-24(13-28)14-29(23(31)27-22-26-12-21(25)34-22)20-7-6-18(11-19(20)24)33-17-5-3-4-16(10-17)32-2/h3-4,6-7,10-12,15,17,19-20,30H,5,8-9,13-14H2,1-2H3,(H,26,27,31)/t15?,17-,19?,20?,24?/m1/s1. The number of amides is 2. The molecule has 2 aliphatic carbocycles. The van der Waals surface area contributed by atoms with Crippen molar-refractivity contribution in [2.24, 2.45) is 11.3 Å². The molecule has 2 fully saturated rings. The van der Waals surface area contributed by atoms with Crippen molar-refractivity contribution in [2.45, 2.75) is 38.1 Å². The summed E-state index contributed by atoms with van der Waals surface area (Å²) in [7, 11) is 1.65. The van der Waals surface area contributed by atoms with E-state index in [1.165, 1.54) is 17.5 Å². The van der Waals surface area contributed by atoms with Gasteiger partial charge >= 0.3 is 6.03 Å². The number of allylic oxidation sites excluding steroid dienone is 2. The largest absolute Gasteiger partial charge is 0.497 e. The first-order valence-electron chi connectivity index (χ1n) is 11.5. The second-order valence-electron chi connectivity index (χ2n) is 9.25. The highest BCUT2D eigenvalue weighted by Crippen LogP contribution is 2.50. The molecule has 0 bridgehead atoms. The molecule has 182 valence electrons. The molecule has 2 amide bonds. The van der Waals surface area contributed by atoms with Gasteiger partial charge in [0.2, 0.25) is 0 Å². The molecule has 34 heavy (non-hydrogen) atoms. The number of urea groups is 1. The van der Waals surface area contributed by atoms with E-state index < -0.39 is 6.23 Å². The molecular formula is C24H29ClN4O4S. The summed E-state index contributed by atoms with van der Waals surface area (Å²) in [5.74, 6) is 1.67. The van der Waals surface area contributed by atoms with E-state index in [2.05, 4.69) is 27.4 Å². The molecule has 0 saturated carbocycles. The van der Waals surface area contributed by atoms with E-state index in [9.17, 15) is 9.90 Å². The van der Waals surface area contributed by atoms with E-state index in [0.717, 1.165) is 37.4 Å². The Morgan fingerprint density at radius 1 is 1.35 bits per heavy atom. The van der Waals surface area contributed by atoms with Gasteiger partial charge < -0.3 is 19.5 Å². The number of fused-ring (bicyclic) bond motifs is 2. The molecule has 2 aliphatic heterocycles. The van der Waals surface area contributed by atoms with Gasteiger partial charge in [-0.25, -0.2) is 9.78 Å². The van der Waals surface area contributed by atoms with Gasteiger partial charge in [-0.2, -0.15) is 0 Å². The van der Waals surface area contributed by atoms with Crippen LogP contribution in [-0.4, -0.2) is 71.0 Å². The number of aromatic nitrogens is 1. The maximum atomic E-state index is 13.3. The van der Waals surface area contributed by atoms with Crippen molar-refractivity contribution in [3.05, 3.63) is 58.5 Å². The van der Waals surface area contributed by atoms with Crippen molar-refractivity contribution in [3.63, 3.8) is 0 Å². The van der Waals surface area contributed by atoms with Crippen molar-refractivity contribution in [1.82, 2.24) is 14.8 Å². The Labute approximate surface area is 208 Å². The zero-order chi connectivity index (χ0) is 23.9. The van der Waals surface area contributed by atoms with Crippen LogP contribution in [-0.2, 0) is 9.47 Å². The van der Waals surface area contributed by atoms with Crippen LogP contribution >= 0.6 is 22.9 Å². The number of nitrogens with zero attached hydrogens (tertiary/aromatic N) is 3. The van der Waals surface area contributed by atoms with Gasteiger partial charge in [0.1, 0.15) is 28.2 Å². The second-order valence-corrected chi connectivity index (χ2v) is 10.9. The fourth-order valence-electron chi connectivity index (χ4n) is 5.46. The fraction of sp³-hybridized carbons (Fsp3) is 0.500. The van der Waals surface area contributed by atoms with Crippen LogP contribution in [0.25, 0.3) is 0 Å². The Balaban J connectivity index is 1.38. The Morgan fingerprint density at radius 2 is 2.21 bits per heavy atom. The highest BCUT2D eigenvalue weighted by molar-refractivity contribution is 7.19. The van der Waals surface area contributed by atoms with Crippen LogP contribution in [0.15, 0.2) is 54.2 Å². The molecule has 2 N–H and O–H groups in total. The molecular weight excluding hydrogens is 476 g/mol. The van der Waals surface area contributed by atoms with Crippen LogP contribution < -0.4 is 5.32 Å². The number of halogens is 1. The third kappa shape index (κ3) is 4.49. The number of rotatable bonds is 5. The van der Waals surface area contributed by atoms with Gasteiger partial charge in [0, 0.05) is 37.4 Å². The van der Waals surface area contributed by atoms with Crippen LogP contribution in [0.1, 0.15) is 19.8 Å². The minimum Gasteiger partial charge on any atom is -0.497 e. The molecule has 8 nitrogen and oxygen atoms in total. The summed E-state index contributed by atoms with van der Waals surface area (Å²) < 4.78 is 12.2. The molecule has 10 heteroatoms. The van der Waals surface area contributed by atoms with Gasteiger partial charge in [-0.1, -0.05) is 35.1 Å². The average molecular weight is 505 g/mol. The fourth-order valence-corrected chi connectivity index (χ4v) is 6.26. The minimum absolute atomic E-state index is 0.0758. The number of ether oxygens (including phenoxy) is 2. The van der Waals surface area contributed by atoms with Crippen molar-refractivity contribution in [1.29, 1.82) is 0 Å². The smallest absolute Gasteiger partial charge is 0.324 e. The van der Waals surface area contributed by atoms with E-state index >= 15 is 0 Å². The number of hydrogen-bond acceptors (Lipinski definition) is 7. The Kier molecular flexibility index (Phi) is 6.45. The van der Waals surface area contributed by atoms with Gasteiger partial charge in [0.25, 0.3) is 0 Å². The van der Waals surface area contributed by atoms with Crippen molar-refractivity contribution >= 4 is 34.1 Å². The van der Waals surface area contributed by atoms with E-state index in [-0.39, 0.29) is 29.5 Å². The van der Waals surface area contributed by atoms with Gasteiger partial charge in [-0.15, -0.1) is 0 Å². The number of methoxy groups -OCH3 is 1. The summed E-state index contributed by atoms with van der Waals surface area (Å²) in [5.41, 5.74) is -0.168. The number of anilines is 1. The first-order valence-corrected chi connectivity index (χ1v) is 12.7. The number of nitrogens with one attached hydrogen (secondary N) is 1. The lowest BCUT2D eigenvalue weighted by Crippen LogP contribution is -2.40. The highest BCUT2D eigenvalue weighted by atomic mass is 35.5. The predicted octanol–water partition coefficient (Wildman–Crippen LogP) is 3.99. The van der Waals surface area contributed by atoms with Gasteiger partial charge in [-0.3, -0.25) is 10.2 Å². The Morgan fingerprint density at radius 3 is 2.91 bits per heavy atom. The number of aliphatic hydroxyl groups excluding tert-OH is 1. The summed E-state index contributed by atoms with van der Waals surface area (Å²) in [4.78, 5) is 21.4. The van der Waals surface area contributed by atoms with Crippen LogP contribution in [0.4, 0.5) is 9.93 Å². The minimum atomic E-state index is -0.524. The number of hydrogen-bond donors (Lipinski definition) is 2. The molecule has 1 aromatic rings. The van der Waals surface area contributed by atoms with Crippen molar-refractivity contribution < 1.29 is 19.4 Å². The van der Waals surface area contributed by atoms with Crippen LogP contribution in [0.3, 0.4) is 0 Å². The second kappa shape index (κ2) is 9.37. The number of carbonyl (C=O) groups excluding carboxylic acids is 1. The average Bonchev–Trinajstić information content (AvgIpc) is 3.52. The number of carbonyl (C=O) groups is 1. The maximum absolute atomic E-state index is 13.3. The molecule has 4 aliphatic rings. The molecule has 0 radical (unpaired) electrons. The maximum Gasteiger partial charge on any atom is 0.324 e. The van der Waals surface area contributed by atoms with E-state index in [1.807, 2.05) is 29.2 Å². The van der Waals surface area contributed by atoms with Gasteiger partial charge in [0.05, 0.1) is 19.3 Å². The zero-order valence-electron chi connectivity index (χ0n) is 19.2. The zero-order valence-corrected chi connectivity index (χ0v) is 20.8. The number of aliphatic hydroxyl groups is 1. The number of thiazole rings is 1. The number of likely N-dealkylation sites (tertiary alicyclic amines) is 2. The lowest BCUT2D eigenvalue weighted by Gasteiger charge is -2.32. The van der Waals surface area contributed by atoms with Crippen LogP contribution in [0.2, 0.25) is 4.34 Å². The lowest BCUT2D eigenvalue weighted by atomic mass is 9.73.